The lowest BCUT2D eigenvalue weighted by molar-refractivity contribution is -0.134. The van der Waals surface area contributed by atoms with E-state index in [1.165, 1.54) is 15.4 Å². The van der Waals surface area contributed by atoms with Gasteiger partial charge in [-0.1, -0.05) is 49.9 Å². The maximum absolute atomic E-state index is 6.13. The predicted octanol–water partition coefficient (Wildman–Crippen LogP) is 4.52. The van der Waals surface area contributed by atoms with Crippen LogP contribution < -0.4 is 0 Å². The maximum atomic E-state index is 6.13. The molecule has 2 aromatic carbocycles. The molecule has 0 aliphatic carbocycles. The molecule has 0 N–H and O–H groups in total. The van der Waals surface area contributed by atoms with Crippen LogP contribution >= 0.6 is 11.8 Å². The Hall–Kier alpha value is -1.29. The smallest absolute Gasteiger partial charge is 0.224 e. The van der Waals surface area contributed by atoms with E-state index in [2.05, 4.69) is 56.3 Å². The number of rotatable bonds is 1. The summed E-state index contributed by atoms with van der Waals surface area (Å²) in [5, 5.41) is 0. The van der Waals surface area contributed by atoms with Crippen molar-refractivity contribution in [1.82, 2.24) is 0 Å². The van der Waals surface area contributed by atoms with Gasteiger partial charge in [-0.05, 0) is 29.7 Å². The van der Waals surface area contributed by atoms with Crippen molar-refractivity contribution in [2.24, 2.45) is 0 Å². The number of benzene rings is 2. The summed E-state index contributed by atoms with van der Waals surface area (Å²) in [4.78, 5) is 2.46. The molecule has 1 spiro atoms. The van der Waals surface area contributed by atoms with Crippen LogP contribution in [0, 0.1) is 0 Å². The number of fused-ring (bicyclic) bond motifs is 4. The summed E-state index contributed by atoms with van der Waals surface area (Å²) in [6.45, 7) is 5.72. The third kappa shape index (κ3) is 1.95. The first-order valence-corrected chi connectivity index (χ1v) is 8.22. The molecule has 21 heavy (non-hydrogen) atoms. The normalized spacial score (nSPS) is 18.8. The molecule has 2 heterocycles. The lowest BCUT2D eigenvalue weighted by Crippen LogP contribution is -2.32. The zero-order valence-corrected chi connectivity index (χ0v) is 13.1. The van der Waals surface area contributed by atoms with E-state index in [0.29, 0.717) is 19.1 Å². The summed E-state index contributed by atoms with van der Waals surface area (Å²) >= 11 is 1.80. The van der Waals surface area contributed by atoms with Crippen LogP contribution in [-0.2, 0) is 15.3 Å². The van der Waals surface area contributed by atoms with Crippen LogP contribution in [0.25, 0.3) is 0 Å². The fraction of sp³-hybridized carbons (Fsp3) is 0.333. The minimum Gasteiger partial charge on any atom is -0.340 e. The minimum absolute atomic E-state index is 0.496. The summed E-state index contributed by atoms with van der Waals surface area (Å²) in [5.74, 6) is -0.210. The van der Waals surface area contributed by atoms with E-state index in [9.17, 15) is 0 Å². The Balaban J connectivity index is 1.95. The van der Waals surface area contributed by atoms with Gasteiger partial charge in [-0.2, -0.15) is 0 Å². The Morgan fingerprint density at radius 1 is 0.952 bits per heavy atom. The van der Waals surface area contributed by atoms with Gasteiger partial charge in [-0.3, -0.25) is 0 Å². The first-order valence-electron chi connectivity index (χ1n) is 7.40. The van der Waals surface area contributed by atoms with Crippen molar-refractivity contribution in [3.63, 3.8) is 0 Å². The molecule has 4 rings (SSSR count). The second-order valence-corrected chi connectivity index (χ2v) is 6.91. The second kappa shape index (κ2) is 4.87. The van der Waals surface area contributed by atoms with Gasteiger partial charge >= 0.3 is 0 Å². The summed E-state index contributed by atoms with van der Waals surface area (Å²) in [7, 11) is 0. The highest BCUT2D eigenvalue weighted by Crippen LogP contribution is 2.52. The van der Waals surface area contributed by atoms with E-state index >= 15 is 0 Å². The molecule has 0 saturated carbocycles. The van der Waals surface area contributed by atoms with E-state index in [4.69, 9.17) is 9.47 Å². The summed E-state index contributed by atoms with van der Waals surface area (Å²) in [6, 6.07) is 15.1. The van der Waals surface area contributed by atoms with Gasteiger partial charge in [0.1, 0.15) is 0 Å². The van der Waals surface area contributed by atoms with Crippen LogP contribution in [0.4, 0.5) is 0 Å². The summed E-state index contributed by atoms with van der Waals surface area (Å²) in [6.07, 6.45) is 0. The van der Waals surface area contributed by atoms with Crippen molar-refractivity contribution in [2.75, 3.05) is 13.2 Å². The topological polar surface area (TPSA) is 18.5 Å². The highest BCUT2D eigenvalue weighted by Gasteiger charge is 2.46. The Morgan fingerprint density at radius 3 is 2.43 bits per heavy atom. The van der Waals surface area contributed by atoms with Crippen molar-refractivity contribution >= 4 is 11.8 Å². The van der Waals surface area contributed by atoms with Crippen LogP contribution in [0.5, 0.6) is 0 Å². The average Bonchev–Trinajstić information content (AvgIpc) is 2.98. The Morgan fingerprint density at radius 2 is 1.67 bits per heavy atom. The largest absolute Gasteiger partial charge is 0.340 e. The quantitative estimate of drug-likeness (QED) is 0.771. The molecule has 108 valence electrons. The second-order valence-electron chi connectivity index (χ2n) is 5.82. The van der Waals surface area contributed by atoms with Crippen molar-refractivity contribution in [3.8, 4) is 0 Å². The molecule has 2 aliphatic heterocycles. The van der Waals surface area contributed by atoms with Gasteiger partial charge in [0.15, 0.2) is 0 Å². The van der Waals surface area contributed by atoms with E-state index < -0.39 is 5.79 Å². The first kappa shape index (κ1) is 13.4. The van der Waals surface area contributed by atoms with Crippen molar-refractivity contribution in [3.05, 3.63) is 59.2 Å². The summed E-state index contributed by atoms with van der Waals surface area (Å²) < 4.78 is 12.3. The molecule has 0 aromatic heterocycles. The van der Waals surface area contributed by atoms with Crippen LogP contribution in [0.3, 0.4) is 0 Å². The minimum atomic E-state index is -0.706. The molecular weight excluding hydrogens is 280 g/mol. The molecule has 0 atom stereocenters. The molecule has 1 fully saturated rings. The lowest BCUT2D eigenvalue weighted by atomic mass is 9.92. The molecular formula is C18H18O2S. The zero-order chi connectivity index (χ0) is 14.4. The predicted molar refractivity (Wildman–Crippen MR) is 83.8 cm³/mol. The van der Waals surface area contributed by atoms with Crippen LogP contribution in [0.2, 0.25) is 0 Å². The Bertz CT molecular complexity index is 687. The van der Waals surface area contributed by atoms with E-state index in [0.717, 1.165) is 11.1 Å². The van der Waals surface area contributed by atoms with Gasteiger partial charge < -0.3 is 9.47 Å². The Kier molecular flexibility index (Phi) is 3.10. The monoisotopic (exact) mass is 298 g/mol. The fourth-order valence-corrected chi connectivity index (χ4v) is 4.20. The lowest BCUT2D eigenvalue weighted by Gasteiger charge is -2.35. The van der Waals surface area contributed by atoms with E-state index in [1.807, 2.05) is 0 Å². The van der Waals surface area contributed by atoms with Gasteiger partial charge in [0.2, 0.25) is 5.79 Å². The average molecular weight is 298 g/mol. The molecule has 2 aliphatic rings. The van der Waals surface area contributed by atoms with Crippen molar-refractivity contribution in [2.45, 2.75) is 35.3 Å². The number of hydrogen-bond acceptors (Lipinski definition) is 3. The van der Waals surface area contributed by atoms with Crippen molar-refractivity contribution in [1.29, 1.82) is 0 Å². The van der Waals surface area contributed by atoms with Gasteiger partial charge in [0.05, 0.1) is 13.2 Å². The van der Waals surface area contributed by atoms with E-state index in [1.54, 1.807) is 11.8 Å². The fourth-order valence-electron chi connectivity index (χ4n) is 3.07. The van der Waals surface area contributed by atoms with Crippen molar-refractivity contribution < 1.29 is 9.47 Å². The standard InChI is InChI=1S/C18H18O2S/c1-12(2)13-7-8-17-15(11-13)18(19-9-10-20-18)14-5-3-4-6-16(14)21-17/h3-8,11-12H,9-10H2,1-2H3. The molecule has 0 amide bonds. The highest BCUT2D eigenvalue weighted by molar-refractivity contribution is 7.99. The van der Waals surface area contributed by atoms with Gasteiger partial charge in [0, 0.05) is 20.9 Å². The molecule has 0 bridgehead atoms. The first-order chi connectivity index (χ1) is 10.2. The van der Waals surface area contributed by atoms with Crippen LogP contribution in [0.1, 0.15) is 36.5 Å². The molecule has 0 radical (unpaired) electrons. The van der Waals surface area contributed by atoms with E-state index in [-0.39, 0.29) is 0 Å². The van der Waals surface area contributed by atoms with Gasteiger partial charge in [0.25, 0.3) is 0 Å². The number of ether oxygens (including phenoxy) is 2. The molecule has 2 aromatic rings. The van der Waals surface area contributed by atoms with Crippen LogP contribution in [0.15, 0.2) is 52.3 Å². The van der Waals surface area contributed by atoms with Crippen LogP contribution in [-0.4, -0.2) is 13.2 Å². The van der Waals surface area contributed by atoms with Gasteiger partial charge in [-0.25, -0.2) is 0 Å². The maximum Gasteiger partial charge on any atom is 0.224 e. The van der Waals surface area contributed by atoms with Gasteiger partial charge in [-0.15, -0.1) is 0 Å². The third-order valence-corrected chi connectivity index (χ3v) is 5.33. The Labute approximate surface area is 129 Å². The zero-order valence-electron chi connectivity index (χ0n) is 12.3. The number of hydrogen-bond donors (Lipinski definition) is 0. The molecule has 1 saturated heterocycles. The summed E-state index contributed by atoms with van der Waals surface area (Å²) in [5.41, 5.74) is 3.63. The third-order valence-electron chi connectivity index (χ3n) is 4.18. The molecule has 3 heteroatoms. The molecule has 0 unspecified atom stereocenters. The highest BCUT2D eigenvalue weighted by atomic mass is 32.2. The molecule has 2 nitrogen and oxygen atoms in total. The SMILES string of the molecule is CC(C)c1ccc2c(c1)C1(OCCO1)c1ccccc1S2.